The van der Waals surface area contributed by atoms with Crippen molar-refractivity contribution >= 4 is 34.7 Å². The number of carbonyl (C=O) groups is 1. The summed E-state index contributed by atoms with van der Waals surface area (Å²) in [7, 11) is 1.55. The number of amides is 2. The van der Waals surface area contributed by atoms with Gasteiger partial charge in [0.15, 0.2) is 0 Å². The quantitative estimate of drug-likeness (QED) is 0.510. The van der Waals surface area contributed by atoms with Gasteiger partial charge in [0, 0.05) is 30.9 Å². The van der Waals surface area contributed by atoms with Crippen LogP contribution in [0.3, 0.4) is 0 Å². The van der Waals surface area contributed by atoms with E-state index in [-0.39, 0.29) is 5.69 Å². The summed E-state index contributed by atoms with van der Waals surface area (Å²) in [5.74, 6) is 0.899. The van der Waals surface area contributed by atoms with Crippen LogP contribution in [0.25, 0.3) is 0 Å². The molecule has 28 heavy (non-hydrogen) atoms. The number of non-ortho nitro benzene ring substituents is 1. The lowest BCUT2D eigenvalue weighted by Crippen LogP contribution is -2.32. The molecular weight excluding hydrogens is 360 g/mol. The monoisotopic (exact) mass is 378 g/mol. The zero-order valence-electron chi connectivity index (χ0n) is 15.3. The molecule has 142 valence electrons. The Kier molecular flexibility index (Phi) is 5.45. The molecule has 0 aliphatic carbocycles. The summed E-state index contributed by atoms with van der Waals surface area (Å²) in [6.07, 6.45) is 1.35. The van der Waals surface area contributed by atoms with Gasteiger partial charge in [0.2, 0.25) is 0 Å². The number of urea groups is 1. The molecule has 0 aliphatic heterocycles. The first-order valence-electron chi connectivity index (χ1n) is 8.38. The summed E-state index contributed by atoms with van der Waals surface area (Å²) in [4.78, 5) is 32.6. The normalized spacial score (nSPS) is 10.2. The molecule has 0 saturated heterocycles. The van der Waals surface area contributed by atoms with E-state index < -0.39 is 11.0 Å². The van der Waals surface area contributed by atoms with E-state index in [0.717, 1.165) is 5.69 Å². The van der Waals surface area contributed by atoms with Crippen molar-refractivity contribution in [1.29, 1.82) is 0 Å². The topological polar surface area (TPSA) is 113 Å². The first kappa shape index (κ1) is 18.8. The zero-order valence-corrected chi connectivity index (χ0v) is 15.3. The maximum atomic E-state index is 12.6. The molecule has 0 bridgehead atoms. The van der Waals surface area contributed by atoms with E-state index in [1.807, 2.05) is 30.3 Å². The molecule has 9 nitrogen and oxygen atoms in total. The summed E-state index contributed by atoms with van der Waals surface area (Å²) >= 11 is 0. The first-order valence-corrected chi connectivity index (χ1v) is 8.38. The second-order valence-corrected chi connectivity index (χ2v) is 6.00. The van der Waals surface area contributed by atoms with Crippen LogP contribution in [0.5, 0.6) is 0 Å². The van der Waals surface area contributed by atoms with Crippen LogP contribution in [0, 0.1) is 17.0 Å². The van der Waals surface area contributed by atoms with Crippen molar-refractivity contribution in [3.8, 4) is 0 Å². The fraction of sp³-hybridized carbons (Fsp3) is 0.105. The Balaban J connectivity index is 1.76. The minimum atomic E-state index is -0.509. The Morgan fingerprint density at radius 2 is 1.86 bits per heavy atom. The number of nitrogens with zero attached hydrogens (tertiary/aromatic N) is 4. The van der Waals surface area contributed by atoms with Crippen LogP contribution in [0.2, 0.25) is 0 Å². The number of aromatic nitrogens is 2. The first-order chi connectivity index (χ1) is 13.4. The van der Waals surface area contributed by atoms with Crippen LogP contribution in [-0.2, 0) is 0 Å². The van der Waals surface area contributed by atoms with E-state index in [1.54, 1.807) is 26.1 Å². The lowest BCUT2D eigenvalue weighted by atomic mass is 10.2. The van der Waals surface area contributed by atoms with Gasteiger partial charge in [0.05, 0.1) is 10.6 Å². The smallest absolute Gasteiger partial charge is 0.327 e. The van der Waals surface area contributed by atoms with E-state index in [9.17, 15) is 14.9 Å². The van der Waals surface area contributed by atoms with Crippen LogP contribution in [0.15, 0.2) is 60.9 Å². The molecule has 2 aromatic carbocycles. The number of carbonyl (C=O) groups excluding carboxylic acids is 1. The van der Waals surface area contributed by atoms with Gasteiger partial charge in [-0.15, -0.1) is 0 Å². The minimum absolute atomic E-state index is 0.0973. The van der Waals surface area contributed by atoms with Gasteiger partial charge in [-0.2, -0.15) is 0 Å². The fourth-order valence-electron chi connectivity index (χ4n) is 2.43. The molecular formula is C19H18N6O3. The Morgan fingerprint density at radius 3 is 2.57 bits per heavy atom. The summed E-state index contributed by atoms with van der Waals surface area (Å²) in [5.41, 5.74) is 1.83. The average molecular weight is 378 g/mol. The van der Waals surface area contributed by atoms with Crippen LogP contribution in [0.1, 0.15) is 5.56 Å². The molecule has 0 saturated carbocycles. The van der Waals surface area contributed by atoms with Crippen LogP contribution < -0.4 is 15.5 Å². The highest BCUT2D eigenvalue weighted by atomic mass is 16.6. The zero-order chi connectivity index (χ0) is 20.1. The molecule has 1 heterocycles. The van der Waals surface area contributed by atoms with Gasteiger partial charge in [-0.25, -0.2) is 14.8 Å². The van der Waals surface area contributed by atoms with Gasteiger partial charge >= 0.3 is 6.03 Å². The number of rotatable bonds is 5. The lowest BCUT2D eigenvalue weighted by Gasteiger charge is -2.18. The van der Waals surface area contributed by atoms with Gasteiger partial charge < -0.3 is 10.6 Å². The maximum Gasteiger partial charge on any atom is 0.327 e. The highest BCUT2D eigenvalue weighted by Crippen LogP contribution is 2.23. The highest BCUT2D eigenvalue weighted by Gasteiger charge is 2.16. The number of nitro groups is 1. The van der Waals surface area contributed by atoms with E-state index in [1.165, 1.54) is 23.4 Å². The summed E-state index contributed by atoms with van der Waals surface area (Å²) in [6.45, 7) is 1.76. The summed E-state index contributed by atoms with van der Waals surface area (Å²) < 4.78 is 0. The number of nitro benzene ring substituents is 1. The second kappa shape index (κ2) is 8.12. The molecule has 2 amide bonds. The second-order valence-electron chi connectivity index (χ2n) is 6.00. The molecule has 3 rings (SSSR count). The fourth-order valence-corrected chi connectivity index (χ4v) is 2.43. The number of hydrogen-bond donors (Lipinski definition) is 2. The molecule has 0 aliphatic rings. The standard InChI is InChI=1S/C19H18N6O3/c1-13-8-9-15(25(27)28)10-16(13)23-19(26)24(2)18-11-17(20-12-21-18)22-14-6-4-3-5-7-14/h3-12H,1-2H3,(H,23,26)(H,20,21,22). The minimum Gasteiger partial charge on any atom is -0.340 e. The van der Waals surface area contributed by atoms with E-state index in [4.69, 9.17) is 0 Å². The molecule has 0 radical (unpaired) electrons. The summed E-state index contributed by atoms with van der Waals surface area (Å²) in [5, 5.41) is 16.8. The van der Waals surface area contributed by atoms with E-state index in [2.05, 4.69) is 20.6 Å². The van der Waals surface area contributed by atoms with Crippen molar-refractivity contribution in [2.45, 2.75) is 6.92 Å². The molecule has 9 heteroatoms. The molecule has 2 N–H and O–H groups in total. The average Bonchev–Trinajstić information content (AvgIpc) is 2.69. The Labute approximate surface area is 161 Å². The predicted octanol–water partition coefficient (Wildman–Crippen LogP) is 4.11. The molecule has 0 atom stereocenters. The third kappa shape index (κ3) is 4.39. The molecule has 0 spiro atoms. The van der Waals surface area contributed by atoms with Crippen molar-refractivity contribution in [2.75, 3.05) is 22.6 Å². The number of nitrogens with one attached hydrogen (secondary N) is 2. The third-order valence-electron chi connectivity index (χ3n) is 4.02. The van der Waals surface area contributed by atoms with Gasteiger partial charge in [-0.05, 0) is 24.6 Å². The number of aryl methyl sites for hydroxylation is 1. The Hall–Kier alpha value is -4.01. The summed E-state index contributed by atoms with van der Waals surface area (Å²) in [6, 6.07) is 14.9. The van der Waals surface area contributed by atoms with Gasteiger partial charge in [0.1, 0.15) is 18.0 Å². The Morgan fingerprint density at radius 1 is 1.11 bits per heavy atom. The van der Waals surface area contributed by atoms with Crippen molar-refractivity contribution in [2.24, 2.45) is 0 Å². The van der Waals surface area contributed by atoms with E-state index >= 15 is 0 Å². The largest absolute Gasteiger partial charge is 0.340 e. The van der Waals surface area contributed by atoms with Gasteiger partial charge in [0.25, 0.3) is 5.69 Å². The van der Waals surface area contributed by atoms with Crippen LogP contribution >= 0.6 is 0 Å². The highest BCUT2D eigenvalue weighted by molar-refractivity contribution is 6.01. The SMILES string of the molecule is Cc1ccc([N+](=O)[O-])cc1NC(=O)N(C)c1cc(Nc2ccccc2)ncn1. The third-order valence-corrected chi connectivity index (χ3v) is 4.02. The maximum absolute atomic E-state index is 12.6. The van der Waals surface area contributed by atoms with Crippen molar-refractivity contribution in [3.05, 3.63) is 76.6 Å². The Bertz CT molecular complexity index is 1010. The molecule has 3 aromatic rings. The number of anilines is 4. The van der Waals surface area contributed by atoms with Crippen molar-refractivity contribution in [1.82, 2.24) is 9.97 Å². The van der Waals surface area contributed by atoms with Crippen molar-refractivity contribution in [3.63, 3.8) is 0 Å². The van der Waals surface area contributed by atoms with Crippen LogP contribution in [-0.4, -0.2) is 28.0 Å². The molecule has 0 fully saturated rings. The molecule has 1 aromatic heterocycles. The predicted molar refractivity (Wildman–Crippen MR) is 107 cm³/mol. The number of benzene rings is 2. The van der Waals surface area contributed by atoms with Crippen molar-refractivity contribution < 1.29 is 9.72 Å². The molecule has 0 unspecified atom stereocenters. The number of para-hydroxylation sites is 1. The van der Waals surface area contributed by atoms with Gasteiger partial charge in [-0.3, -0.25) is 15.0 Å². The van der Waals surface area contributed by atoms with E-state index in [0.29, 0.717) is 22.9 Å². The van der Waals surface area contributed by atoms with Gasteiger partial charge in [-0.1, -0.05) is 24.3 Å². The van der Waals surface area contributed by atoms with Crippen LogP contribution in [0.4, 0.5) is 33.5 Å². The lowest BCUT2D eigenvalue weighted by molar-refractivity contribution is -0.384. The number of hydrogen-bond acceptors (Lipinski definition) is 6.